The van der Waals surface area contributed by atoms with Gasteiger partial charge in [-0.25, -0.2) is 13.4 Å². The van der Waals surface area contributed by atoms with Gasteiger partial charge in [0.15, 0.2) is 5.82 Å². The summed E-state index contributed by atoms with van der Waals surface area (Å²) in [4.78, 5) is 16.1. The van der Waals surface area contributed by atoms with Crippen molar-refractivity contribution in [3.8, 4) is 0 Å². The zero-order valence-electron chi connectivity index (χ0n) is 10.3. The van der Waals surface area contributed by atoms with Crippen LogP contribution in [0.3, 0.4) is 0 Å². The van der Waals surface area contributed by atoms with Crippen LogP contribution in [0.2, 0.25) is 5.15 Å². The molecule has 1 N–H and O–H groups in total. The second-order valence-electron chi connectivity index (χ2n) is 4.04. The number of pyridine rings is 2. The van der Waals surface area contributed by atoms with E-state index in [1.807, 2.05) is 6.92 Å². The minimum atomic E-state index is -3.54. The van der Waals surface area contributed by atoms with Gasteiger partial charge in [-0.3, -0.25) is 9.52 Å². The van der Waals surface area contributed by atoms with Crippen LogP contribution in [0, 0.1) is 0 Å². The summed E-state index contributed by atoms with van der Waals surface area (Å²) in [5.41, 5.74) is -0.310. The number of hydrogen-bond acceptors (Lipinski definition) is 4. The van der Waals surface area contributed by atoms with Gasteiger partial charge in [0.2, 0.25) is 10.0 Å². The van der Waals surface area contributed by atoms with Gasteiger partial charge in [-0.2, -0.15) is 0 Å². The quantitative estimate of drug-likeness (QED) is 0.870. The molecule has 0 atom stereocenters. The van der Waals surface area contributed by atoms with E-state index in [0.717, 1.165) is 6.26 Å². The maximum atomic E-state index is 12.2. The Morgan fingerprint density at radius 1 is 1.47 bits per heavy atom. The molecule has 19 heavy (non-hydrogen) atoms. The fourth-order valence-electron chi connectivity index (χ4n) is 1.77. The molecule has 2 heterocycles. The Kier molecular flexibility index (Phi) is 3.51. The van der Waals surface area contributed by atoms with Gasteiger partial charge in [-0.1, -0.05) is 11.6 Å². The minimum Gasteiger partial charge on any atom is -0.315 e. The van der Waals surface area contributed by atoms with E-state index in [-0.39, 0.29) is 21.9 Å². The molecule has 6 nitrogen and oxygen atoms in total. The van der Waals surface area contributed by atoms with Gasteiger partial charge in [-0.15, -0.1) is 0 Å². The van der Waals surface area contributed by atoms with Crippen molar-refractivity contribution in [3.05, 3.63) is 33.8 Å². The highest BCUT2D eigenvalue weighted by molar-refractivity contribution is 7.92. The first-order chi connectivity index (χ1) is 8.81. The lowest BCUT2D eigenvalue weighted by atomic mass is 10.2. The zero-order valence-corrected chi connectivity index (χ0v) is 11.9. The molecule has 0 aliphatic carbocycles. The number of sulfonamides is 1. The third-order valence-corrected chi connectivity index (χ3v) is 3.31. The molecule has 0 spiro atoms. The van der Waals surface area contributed by atoms with E-state index < -0.39 is 10.0 Å². The summed E-state index contributed by atoms with van der Waals surface area (Å²) in [5.74, 6) is -0.0437. The number of fused-ring (bicyclic) bond motifs is 1. The molecule has 0 radical (unpaired) electrons. The maximum absolute atomic E-state index is 12.2. The van der Waals surface area contributed by atoms with Gasteiger partial charge in [0.05, 0.1) is 11.6 Å². The van der Waals surface area contributed by atoms with Crippen molar-refractivity contribution in [3.63, 3.8) is 0 Å². The van der Waals surface area contributed by atoms with Gasteiger partial charge in [-0.05, 0) is 24.4 Å². The second-order valence-corrected chi connectivity index (χ2v) is 6.17. The number of hydrogen-bond donors (Lipinski definition) is 1. The van der Waals surface area contributed by atoms with Crippen LogP contribution in [0.15, 0.2) is 23.1 Å². The number of nitrogens with zero attached hydrogens (tertiary/aromatic N) is 2. The van der Waals surface area contributed by atoms with Crippen molar-refractivity contribution in [1.29, 1.82) is 0 Å². The van der Waals surface area contributed by atoms with Gasteiger partial charge in [0.25, 0.3) is 5.56 Å². The van der Waals surface area contributed by atoms with Crippen LogP contribution in [-0.2, 0) is 16.6 Å². The monoisotopic (exact) mass is 301 g/mol. The Bertz CT molecular complexity index is 799. The van der Waals surface area contributed by atoms with Gasteiger partial charge >= 0.3 is 0 Å². The normalized spacial score (nSPS) is 11.7. The number of aryl methyl sites for hydroxylation is 1. The van der Waals surface area contributed by atoms with Crippen LogP contribution in [0.4, 0.5) is 5.82 Å². The molecule has 0 saturated carbocycles. The van der Waals surface area contributed by atoms with Crippen LogP contribution >= 0.6 is 11.6 Å². The predicted octanol–water partition coefficient (Wildman–Crippen LogP) is 1.44. The molecule has 2 aromatic heterocycles. The second kappa shape index (κ2) is 4.82. The van der Waals surface area contributed by atoms with Crippen molar-refractivity contribution in [2.24, 2.45) is 0 Å². The summed E-state index contributed by atoms with van der Waals surface area (Å²) >= 11 is 5.82. The number of aromatic nitrogens is 2. The van der Waals surface area contributed by atoms with Crippen molar-refractivity contribution in [1.82, 2.24) is 9.55 Å². The molecule has 0 unspecified atom stereocenters. The van der Waals surface area contributed by atoms with Gasteiger partial charge in [0, 0.05) is 12.7 Å². The van der Waals surface area contributed by atoms with E-state index in [1.54, 1.807) is 12.3 Å². The first-order valence-corrected chi connectivity index (χ1v) is 7.76. The molecule has 8 heteroatoms. The summed E-state index contributed by atoms with van der Waals surface area (Å²) in [6.07, 6.45) is 2.62. The van der Waals surface area contributed by atoms with Gasteiger partial charge in [0.1, 0.15) is 5.15 Å². The van der Waals surface area contributed by atoms with Crippen molar-refractivity contribution >= 4 is 38.2 Å². The highest BCUT2D eigenvalue weighted by Gasteiger charge is 2.13. The van der Waals surface area contributed by atoms with Crippen LogP contribution in [0.5, 0.6) is 0 Å². The Morgan fingerprint density at radius 2 is 2.16 bits per heavy atom. The van der Waals surface area contributed by atoms with Gasteiger partial charge < -0.3 is 4.57 Å². The summed E-state index contributed by atoms with van der Waals surface area (Å²) in [6.45, 7) is 2.30. The fourth-order valence-corrected chi connectivity index (χ4v) is 2.47. The van der Waals surface area contributed by atoms with Crippen LogP contribution in [0.1, 0.15) is 6.92 Å². The van der Waals surface area contributed by atoms with E-state index in [1.165, 1.54) is 10.6 Å². The van der Waals surface area contributed by atoms with Crippen molar-refractivity contribution in [2.75, 3.05) is 11.0 Å². The molecule has 0 aromatic carbocycles. The van der Waals surface area contributed by atoms with E-state index in [4.69, 9.17) is 11.6 Å². The average Bonchev–Trinajstić information content (AvgIpc) is 2.26. The highest BCUT2D eigenvalue weighted by Crippen LogP contribution is 2.22. The van der Waals surface area contributed by atoms with Crippen molar-refractivity contribution < 1.29 is 8.42 Å². The molecule has 0 amide bonds. The number of rotatable bonds is 3. The van der Waals surface area contributed by atoms with E-state index in [2.05, 4.69) is 9.71 Å². The fraction of sp³-hybridized carbons (Fsp3) is 0.273. The van der Waals surface area contributed by atoms with Crippen LogP contribution < -0.4 is 10.3 Å². The Hall–Kier alpha value is -1.60. The smallest absolute Gasteiger partial charge is 0.262 e. The Labute approximate surface area is 115 Å². The summed E-state index contributed by atoms with van der Waals surface area (Å²) in [6, 6.07) is 3.22. The molecule has 0 saturated heterocycles. The lowest BCUT2D eigenvalue weighted by Crippen LogP contribution is -2.21. The van der Waals surface area contributed by atoms with Crippen LogP contribution in [0.25, 0.3) is 10.8 Å². The summed E-state index contributed by atoms with van der Waals surface area (Å²) in [5, 5.41) is 0.868. The zero-order chi connectivity index (χ0) is 14.2. The number of anilines is 1. The topological polar surface area (TPSA) is 81.1 Å². The van der Waals surface area contributed by atoms with E-state index in [0.29, 0.717) is 11.9 Å². The lowest BCUT2D eigenvalue weighted by Gasteiger charge is -2.09. The Balaban J connectivity index is 2.84. The Morgan fingerprint density at radius 3 is 2.74 bits per heavy atom. The molecule has 0 bridgehead atoms. The molecular weight excluding hydrogens is 290 g/mol. The lowest BCUT2D eigenvalue weighted by molar-refractivity contribution is 0.606. The van der Waals surface area contributed by atoms with Crippen molar-refractivity contribution in [2.45, 2.75) is 13.5 Å². The minimum absolute atomic E-state index is 0.0437. The first kappa shape index (κ1) is 13.8. The standard InChI is InChI=1S/C11H12ClN3O3S/c1-3-15-5-4-7-6-8(12)13-10(9(7)11(15)16)14-19(2,17)18/h4-6H,3H2,1-2H3,(H,13,14). The molecule has 102 valence electrons. The van der Waals surface area contributed by atoms with E-state index in [9.17, 15) is 13.2 Å². The molecule has 2 rings (SSSR count). The summed E-state index contributed by atoms with van der Waals surface area (Å²) in [7, 11) is -3.54. The largest absolute Gasteiger partial charge is 0.315 e. The number of nitrogens with one attached hydrogen (secondary N) is 1. The summed E-state index contributed by atoms with van der Waals surface area (Å²) < 4.78 is 26.3. The third kappa shape index (κ3) is 2.87. The average molecular weight is 302 g/mol. The van der Waals surface area contributed by atoms with Crippen LogP contribution in [-0.4, -0.2) is 24.2 Å². The maximum Gasteiger partial charge on any atom is 0.262 e. The van der Waals surface area contributed by atoms with E-state index >= 15 is 0 Å². The molecule has 0 aliphatic heterocycles. The molecule has 2 aromatic rings. The number of halogens is 1. The molecular formula is C11H12ClN3O3S. The third-order valence-electron chi connectivity index (χ3n) is 2.55. The molecule has 0 fully saturated rings. The highest BCUT2D eigenvalue weighted by atomic mass is 35.5. The predicted molar refractivity (Wildman–Crippen MR) is 75.2 cm³/mol. The SMILES string of the molecule is CCn1ccc2cc(Cl)nc(NS(C)(=O)=O)c2c1=O. The first-order valence-electron chi connectivity index (χ1n) is 5.49. The molecule has 0 aliphatic rings.